The molecule has 0 fully saturated rings. The van der Waals surface area contributed by atoms with Crippen molar-refractivity contribution in [3.05, 3.63) is 0 Å². The van der Waals surface area contributed by atoms with Gasteiger partial charge in [-0.15, -0.1) is 0 Å². The third-order valence-corrected chi connectivity index (χ3v) is 4.34. The van der Waals surface area contributed by atoms with Gasteiger partial charge in [0.25, 0.3) is 0 Å². The van der Waals surface area contributed by atoms with E-state index in [2.05, 4.69) is 0 Å². The van der Waals surface area contributed by atoms with Crippen LogP contribution in [0.3, 0.4) is 0 Å². The first-order valence-electron chi connectivity index (χ1n) is 5.59. The SMILES string of the molecule is CCC(CC)N(CCOC)S(=O)(=O)CC(=O)O. The molecule has 1 N–H and O–H groups in total. The van der Waals surface area contributed by atoms with Crippen molar-refractivity contribution >= 4 is 16.0 Å². The number of hydrogen-bond donors (Lipinski definition) is 1. The summed E-state index contributed by atoms with van der Waals surface area (Å²) in [5.41, 5.74) is 0. The van der Waals surface area contributed by atoms with Crippen molar-refractivity contribution in [2.45, 2.75) is 32.7 Å². The number of hydrogen-bond acceptors (Lipinski definition) is 4. The average molecular weight is 267 g/mol. The van der Waals surface area contributed by atoms with Gasteiger partial charge in [-0.2, -0.15) is 4.31 Å². The van der Waals surface area contributed by atoms with Gasteiger partial charge in [-0.25, -0.2) is 8.42 Å². The molecular weight excluding hydrogens is 246 g/mol. The van der Waals surface area contributed by atoms with E-state index in [-0.39, 0.29) is 19.2 Å². The zero-order valence-electron chi connectivity index (χ0n) is 10.5. The summed E-state index contributed by atoms with van der Waals surface area (Å²) in [6.45, 7) is 4.21. The molecule has 0 aromatic heterocycles. The highest BCUT2D eigenvalue weighted by molar-refractivity contribution is 7.89. The van der Waals surface area contributed by atoms with Gasteiger partial charge in [-0.05, 0) is 12.8 Å². The van der Waals surface area contributed by atoms with Crippen LogP contribution in [-0.4, -0.2) is 55.9 Å². The van der Waals surface area contributed by atoms with E-state index in [4.69, 9.17) is 9.84 Å². The van der Waals surface area contributed by atoms with Gasteiger partial charge in [0.1, 0.15) is 0 Å². The van der Waals surface area contributed by atoms with Crippen molar-refractivity contribution in [3.63, 3.8) is 0 Å². The second-order valence-corrected chi connectivity index (χ2v) is 5.65. The van der Waals surface area contributed by atoms with Crippen LogP contribution in [0.5, 0.6) is 0 Å². The maximum absolute atomic E-state index is 11.9. The van der Waals surface area contributed by atoms with Crippen LogP contribution in [-0.2, 0) is 19.6 Å². The van der Waals surface area contributed by atoms with Gasteiger partial charge in [0.05, 0.1) is 6.61 Å². The minimum Gasteiger partial charge on any atom is -0.480 e. The molecule has 0 aromatic carbocycles. The molecule has 0 rings (SSSR count). The molecule has 0 bridgehead atoms. The number of methoxy groups -OCH3 is 1. The zero-order chi connectivity index (χ0) is 13.5. The molecule has 0 saturated carbocycles. The number of rotatable bonds is 9. The lowest BCUT2D eigenvalue weighted by Crippen LogP contribution is -2.44. The third kappa shape index (κ3) is 5.47. The Kier molecular flexibility index (Phi) is 7.33. The highest BCUT2D eigenvalue weighted by Crippen LogP contribution is 2.14. The summed E-state index contributed by atoms with van der Waals surface area (Å²) in [5, 5.41) is 8.61. The summed E-state index contributed by atoms with van der Waals surface area (Å²) in [5.74, 6) is -2.20. The van der Waals surface area contributed by atoms with E-state index < -0.39 is 21.7 Å². The van der Waals surface area contributed by atoms with Crippen LogP contribution < -0.4 is 0 Å². The summed E-state index contributed by atoms with van der Waals surface area (Å²) in [4.78, 5) is 10.6. The molecule has 7 heteroatoms. The highest BCUT2D eigenvalue weighted by Gasteiger charge is 2.29. The van der Waals surface area contributed by atoms with Crippen LogP contribution in [0.1, 0.15) is 26.7 Å². The molecule has 0 aliphatic heterocycles. The number of sulfonamides is 1. The van der Waals surface area contributed by atoms with E-state index in [1.165, 1.54) is 11.4 Å². The molecule has 0 spiro atoms. The maximum Gasteiger partial charge on any atom is 0.320 e. The Morgan fingerprint density at radius 1 is 1.35 bits per heavy atom. The minimum absolute atomic E-state index is 0.172. The summed E-state index contributed by atoms with van der Waals surface area (Å²) >= 11 is 0. The van der Waals surface area contributed by atoms with Gasteiger partial charge < -0.3 is 9.84 Å². The standard InChI is InChI=1S/C10H21NO5S/c1-4-9(5-2)11(6-7-16-3)17(14,15)8-10(12)13/h9H,4-8H2,1-3H3,(H,12,13). The summed E-state index contributed by atoms with van der Waals surface area (Å²) < 4.78 is 29.9. The highest BCUT2D eigenvalue weighted by atomic mass is 32.2. The Morgan fingerprint density at radius 3 is 2.24 bits per heavy atom. The van der Waals surface area contributed by atoms with Gasteiger partial charge in [0.15, 0.2) is 5.75 Å². The number of carboxylic acids is 1. The molecule has 0 amide bonds. The minimum atomic E-state index is -3.76. The van der Waals surface area contributed by atoms with Gasteiger partial charge in [0, 0.05) is 19.7 Å². The van der Waals surface area contributed by atoms with Gasteiger partial charge in [-0.3, -0.25) is 4.79 Å². The second kappa shape index (κ2) is 7.62. The van der Waals surface area contributed by atoms with E-state index >= 15 is 0 Å². The first-order chi connectivity index (χ1) is 7.88. The number of nitrogens with zero attached hydrogens (tertiary/aromatic N) is 1. The van der Waals surface area contributed by atoms with E-state index in [9.17, 15) is 13.2 Å². The average Bonchev–Trinajstić information content (AvgIpc) is 2.22. The van der Waals surface area contributed by atoms with Crippen molar-refractivity contribution in [1.29, 1.82) is 0 Å². The molecule has 102 valence electrons. The number of carbonyl (C=O) groups is 1. The number of ether oxygens (including phenoxy) is 1. The van der Waals surface area contributed by atoms with Crippen LogP contribution in [0.4, 0.5) is 0 Å². The van der Waals surface area contributed by atoms with E-state index in [1.54, 1.807) is 0 Å². The Hall–Kier alpha value is -0.660. The molecule has 0 heterocycles. The van der Waals surface area contributed by atoms with Gasteiger partial charge in [-0.1, -0.05) is 13.8 Å². The van der Waals surface area contributed by atoms with Crippen molar-refractivity contribution < 1.29 is 23.1 Å². The second-order valence-electron chi connectivity index (χ2n) is 3.72. The maximum atomic E-state index is 11.9. The fourth-order valence-electron chi connectivity index (χ4n) is 1.66. The van der Waals surface area contributed by atoms with Crippen LogP contribution in [0.25, 0.3) is 0 Å². The predicted molar refractivity (Wildman–Crippen MR) is 64.4 cm³/mol. The summed E-state index contributed by atoms with van der Waals surface area (Å²) in [7, 11) is -2.28. The predicted octanol–water partition coefficient (Wildman–Crippen LogP) is 0.538. The van der Waals surface area contributed by atoms with Crippen LogP contribution >= 0.6 is 0 Å². The molecule has 6 nitrogen and oxygen atoms in total. The summed E-state index contributed by atoms with van der Waals surface area (Å²) in [6.07, 6.45) is 1.30. The van der Waals surface area contributed by atoms with Crippen LogP contribution in [0.2, 0.25) is 0 Å². The molecule has 0 unspecified atom stereocenters. The topological polar surface area (TPSA) is 83.9 Å². The third-order valence-electron chi connectivity index (χ3n) is 2.53. The smallest absolute Gasteiger partial charge is 0.320 e. The van der Waals surface area contributed by atoms with Crippen molar-refractivity contribution in [3.8, 4) is 0 Å². The Labute approximate surface area is 103 Å². The fraction of sp³-hybridized carbons (Fsp3) is 0.900. The molecule has 17 heavy (non-hydrogen) atoms. The monoisotopic (exact) mass is 267 g/mol. The molecule has 0 aliphatic rings. The van der Waals surface area contributed by atoms with Crippen molar-refractivity contribution in [2.75, 3.05) is 26.0 Å². The normalized spacial score (nSPS) is 12.3. The van der Waals surface area contributed by atoms with E-state index in [0.717, 1.165) is 0 Å². The largest absolute Gasteiger partial charge is 0.480 e. The number of carboxylic acid groups (broad SMARTS) is 1. The first-order valence-corrected chi connectivity index (χ1v) is 7.20. The van der Waals surface area contributed by atoms with Gasteiger partial charge in [0.2, 0.25) is 10.0 Å². The fourth-order valence-corrected chi connectivity index (χ4v) is 3.25. The van der Waals surface area contributed by atoms with Gasteiger partial charge >= 0.3 is 5.97 Å². The number of aliphatic carboxylic acids is 1. The Bertz CT molecular complexity index is 324. The van der Waals surface area contributed by atoms with E-state index in [1.807, 2.05) is 13.8 Å². The lowest BCUT2D eigenvalue weighted by Gasteiger charge is -2.28. The molecular formula is C10H21NO5S. The Morgan fingerprint density at radius 2 is 1.88 bits per heavy atom. The zero-order valence-corrected chi connectivity index (χ0v) is 11.4. The molecule has 0 aromatic rings. The molecule has 0 radical (unpaired) electrons. The lowest BCUT2D eigenvalue weighted by molar-refractivity contribution is -0.134. The molecule has 0 aliphatic carbocycles. The molecule has 0 saturated heterocycles. The Balaban J connectivity index is 4.94. The quantitative estimate of drug-likeness (QED) is 0.659. The van der Waals surface area contributed by atoms with Crippen LogP contribution in [0, 0.1) is 0 Å². The van der Waals surface area contributed by atoms with Crippen molar-refractivity contribution in [2.24, 2.45) is 0 Å². The first kappa shape index (κ1) is 16.3. The molecule has 0 atom stereocenters. The van der Waals surface area contributed by atoms with E-state index in [0.29, 0.717) is 12.8 Å². The summed E-state index contributed by atoms with van der Waals surface area (Å²) in [6, 6.07) is -0.172. The lowest BCUT2D eigenvalue weighted by atomic mass is 10.2. The van der Waals surface area contributed by atoms with Crippen LogP contribution in [0.15, 0.2) is 0 Å². The van der Waals surface area contributed by atoms with Crippen molar-refractivity contribution in [1.82, 2.24) is 4.31 Å².